The molecule has 2 N–H and O–H groups in total. The molecule has 92 valence electrons. The molecule has 0 unspecified atom stereocenters. The summed E-state index contributed by atoms with van der Waals surface area (Å²) >= 11 is 9.22. The van der Waals surface area contributed by atoms with Crippen LogP contribution in [-0.4, -0.2) is 21.0 Å². The first-order valence-electron chi connectivity index (χ1n) is 4.83. The Labute approximate surface area is 116 Å². The summed E-state index contributed by atoms with van der Waals surface area (Å²) in [6, 6.07) is 5.20. The Morgan fingerprint density at radius 3 is 2.89 bits per heavy atom. The fourth-order valence-corrected chi connectivity index (χ4v) is 1.78. The number of aromatic carboxylic acids is 1. The summed E-state index contributed by atoms with van der Waals surface area (Å²) < 4.78 is 0.787. The van der Waals surface area contributed by atoms with Gasteiger partial charge in [-0.05, 0) is 34.1 Å². The van der Waals surface area contributed by atoms with Crippen molar-refractivity contribution in [1.29, 1.82) is 0 Å². The number of rotatable bonds is 3. The average molecular weight is 329 g/mol. The minimum atomic E-state index is -1.13. The van der Waals surface area contributed by atoms with E-state index in [-0.39, 0.29) is 5.69 Å². The Kier molecular flexibility index (Phi) is 3.78. The second-order valence-corrected chi connectivity index (χ2v) is 4.63. The molecule has 0 amide bonds. The molecule has 7 heteroatoms. The Balaban J connectivity index is 2.31. The molecular weight excluding hydrogens is 321 g/mol. The van der Waals surface area contributed by atoms with Crippen molar-refractivity contribution in [3.8, 4) is 0 Å². The second kappa shape index (κ2) is 5.32. The van der Waals surface area contributed by atoms with Crippen LogP contribution in [-0.2, 0) is 0 Å². The monoisotopic (exact) mass is 327 g/mol. The smallest absolute Gasteiger partial charge is 0.356 e. The summed E-state index contributed by atoms with van der Waals surface area (Å²) in [7, 11) is 0. The number of hydrogen-bond acceptors (Lipinski definition) is 4. The van der Waals surface area contributed by atoms with E-state index in [9.17, 15) is 4.79 Å². The zero-order valence-electron chi connectivity index (χ0n) is 8.89. The van der Waals surface area contributed by atoms with Gasteiger partial charge in [-0.2, -0.15) is 0 Å². The minimum absolute atomic E-state index is 0.127. The lowest BCUT2D eigenvalue weighted by molar-refractivity contribution is 0.0690. The molecule has 0 saturated heterocycles. The van der Waals surface area contributed by atoms with Crippen LogP contribution in [0.1, 0.15) is 10.5 Å². The predicted octanol–water partition coefficient (Wildman–Crippen LogP) is 3.33. The van der Waals surface area contributed by atoms with Crippen molar-refractivity contribution in [2.75, 3.05) is 5.32 Å². The fourth-order valence-electron chi connectivity index (χ4n) is 1.26. The van der Waals surface area contributed by atoms with E-state index in [4.69, 9.17) is 16.7 Å². The van der Waals surface area contributed by atoms with Gasteiger partial charge in [0.25, 0.3) is 0 Å². The van der Waals surface area contributed by atoms with Gasteiger partial charge in [0.05, 0.1) is 18.1 Å². The Morgan fingerprint density at radius 2 is 2.17 bits per heavy atom. The van der Waals surface area contributed by atoms with Gasteiger partial charge in [-0.3, -0.25) is 4.98 Å². The van der Waals surface area contributed by atoms with Gasteiger partial charge in [0.15, 0.2) is 5.69 Å². The first-order chi connectivity index (χ1) is 8.56. The molecule has 2 aromatic rings. The molecule has 18 heavy (non-hydrogen) atoms. The van der Waals surface area contributed by atoms with Crippen LogP contribution in [0, 0.1) is 0 Å². The number of carboxylic acids is 1. The SMILES string of the molecule is O=C(O)c1cncc(Nc2cc(Cl)ccc2Br)n1. The number of carbonyl (C=O) groups is 1. The number of carboxylic acid groups (broad SMARTS) is 1. The maximum Gasteiger partial charge on any atom is 0.356 e. The number of anilines is 2. The van der Waals surface area contributed by atoms with E-state index in [2.05, 4.69) is 31.2 Å². The van der Waals surface area contributed by atoms with Crippen LogP contribution in [0.4, 0.5) is 11.5 Å². The van der Waals surface area contributed by atoms with Crippen LogP contribution >= 0.6 is 27.5 Å². The predicted molar refractivity (Wildman–Crippen MR) is 71.4 cm³/mol. The van der Waals surface area contributed by atoms with Gasteiger partial charge < -0.3 is 10.4 Å². The summed E-state index contributed by atoms with van der Waals surface area (Å²) in [6.07, 6.45) is 2.61. The average Bonchev–Trinajstić information content (AvgIpc) is 2.34. The molecule has 5 nitrogen and oxygen atoms in total. The number of aromatic nitrogens is 2. The van der Waals surface area contributed by atoms with Gasteiger partial charge in [-0.25, -0.2) is 9.78 Å². The fraction of sp³-hybridized carbons (Fsp3) is 0. The van der Waals surface area contributed by atoms with E-state index in [1.165, 1.54) is 12.4 Å². The molecule has 0 bridgehead atoms. The maximum atomic E-state index is 10.8. The standard InChI is InChI=1S/C11H7BrClN3O2/c12-7-2-1-6(13)3-8(7)15-10-5-14-4-9(16-10)11(17)18/h1-5H,(H,15,16)(H,17,18). The highest BCUT2D eigenvalue weighted by atomic mass is 79.9. The topological polar surface area (TPSA) is 75.1 Å². The molecule has 0 radical (unpaired) electrons. The molecule has 1 aromatic heterocycles. The zero-order valence-corrected chi connectivity index (χ0v) is 11.2. The van der Waals surface area contributed by atoms with Crippen LogP contribution in [0.5, 0.6) is 0 Å². The third-order valence-electron chi connectivity index (χ3n) is 2.04. The molecule has 0 aliphatic heterocycles. The van der Waals surface area contributed by atoms with Gasteiger partial charge >= 0.3 is 5.97 Å². The van der Waals surface area contributed by atoms with E-state index in [1.54, 1.807) is 18.2 Å². The molecule has 2 rings (SSSR count). The van der Waals surface area contributed by atoms with Crippen molar-refractivity contribution < 1.29 is 9.90 Å². The van der Waals surface area contributed by atoms with E-state index in [0.717, 1.165) is 4.47 Å². The molecule has 0 saturated carbocycles. The highest BCUT2D eigenvalue weighted by Gasteiger charge is 2.07. The van der Waals surface area contributed by atoms with Crippen molar-refractivity contribution in [3.05, 3.63) is 45.8 Å². The van der Waals surface area contributed by atoms with Crippen molar-refractivity contribution in [2.45, 2.75) is 0 Å². The Bertz CT molecular complexity index is 607. The van der Waals surface area contributed by atoms with E-state index in [0.29, 0.717) is 16.5 Å². The first-order valence-corrected chi connectivity index (χ1v) is 6.01. The van der Waals surface area contributed by atoms with Gasteiger partial charge in [-0.15, -0.1) is 0 Å². The highest BCUT2D eigenvalue weighted by Crippen LogP contribution is 2.27. The van der Waals surface area contributed by atoms with Gasteiger partial charge in [0, 0.05) is 9.50 Å². The van der Waals surface area contributed by atoms with Gasteiger partial charge in [0.2, 0.25) is 0 Å². The number of nitrogens with one attached hydrogen (secondary N) is 1. The van der Waals surface area contributed by atoms with Crippen molar-refractivity contribution >= 4 is 45.0 Å². The van der Waals surface area contributed by atoms with Gasteiger partial charge in [-0.1, -0.05) is 11.6 Å². The second-order valence-electron chi connectivity index (χ2n) is 3.34. The zero-order chi connectivity index (χ0) is 13.1. The maximum absolute atomic E-state index is 10.8. The van der Waals surface area contributed by atoms with Crippen molar-refractivity contribution in [1.82, 2.24) is 9.97 Å². The van der Waals surface area contributed by atoms with E-state index >= 15 is 0 Å². The number of nitrogens with zero attached hydrogens (tertiary/aromatic N) is 2. The number of benzene rings is 1. The first kappa shape index (κ1) is 12.8. The van der Waals surface area contributed by atoms with Crippen LogP contribution in [0.2, 0.25) is 5.02 Å². The van der Waals surface area contributed by atoms with Crippen molar-refractivity contribution in [2.24, 2.45) is 0 Å². The molecule has 0 spiro atoms. The number of halogens is 2. The lowest BCUT2D eigenvalue weighted by Gasteiger charge is -2.08. The van der Waals surface area contributed by atoms with E-state index < -0.39 is 5.97 Å². The largest absolute Gasteiger partial charge is 0.476 e. The van der Waals surface area contributed by atoms with Crippen molar-refractivity contribution in [3.63, 3.8) is 0 Å². The van der Waals surface area contributed by atoms with Crippen LogP contribution in [0.25, 0.3) is 0 Å². The Morgan fingerprint density at radius 1 is 1.39 bits per heavy atom. The third kappa shape index (κ3) is 2.96. The molecular formula is C11H7BrClN3O2. The molecule has 1 heterocycles. The number of hydrogen-bond donors (Lipinski definition) is 2. The molecule has 1 aromatic carbocycles. The highest BCUT2D eigenvalue weighted by molar-refractivity contribution is 9.10. The molecule has 0 aliphatic rings. The molecule has 0 fully saturated rings. The molecule has 0 aliphatic carbocycles. The Hall–Kier alpha value is -1.66. The summed E-state index contributed by atoms with van der Waals surface area (Å²) in [5.74, 6) is -0.797. The third-order valence-corrected chi connectivity index (χ3v) is 2.97. The summed E-state index contributed by atoms with van der Waals surface area (Å²) in [5.41, 5.74) is 0.553. The lowest BCUT2D eigenvalue weighted by atomic mass is 10.3. The summed E-state index contributed by atoms with van der Waals surface area (Å²) in [6.45, 7) is 0. The molecule has 0 atom stereocenters. The van der Waals surface area contributed by atoms with Crippen LogP contribution < -0.4 is 5.32 Å². The normalized spacial score (nSPS) is 10.1. The van der Waals surface area contributed by atoms with Crippen LogP contribution in [0.3, 0.4) is 0 Å². The summed E-state index contributed by atoms with van der Waals surface area (Å²) in [4.78, 5) is 18.5. The van der Waals surface area contributed by atoms with Gasteiger partial charge in [0.1, 0.15) is 5.82 Å². The quantitative estimate of drug-likeness (QED) is 0.904. The lowest BCUT2D eigenvalue weighted by Crippen LogP contribution is -2.04. The van der Waals surface area contributed by atoms with E-state index in [1.807, 2.05) is 0 Å². The minimum Gasteiger partial charge on any atom is -0.476 e. The summed E-state index contributed by atoms with van der Waals surface area (Å²) in [5, 5.41) is 12.3. The van der Waals surface area contributed by atoms with Crippen LogP contribution in [0.15, 0.2) is 35.1 Å².